The highest BCUT2D eigenvalue weighted by Gasteiger charge is 2.49. The second kappa shape index (κ2) is 11.6. The minimum Gasteiger partial charge on any atom is -0.508 e. The largest absolute Gasteiger partial charge is 0.508 e. The van der Waals surface area contributed by atoms with E-state index in [0.717, 1.165) is 25.9 Å². The molecule has 0 spiro atoms. The summed E-state index contributed by atoms with van der Waals surface area (Å²) in [4.78, 5) is 39.4. The summed E-state index contributed by atoms with van der Waals surface area (Å²) in [6.07, 6.45) is 6.88. The Hall–Kier alpha value is -3.71. The molecule has 194 valence electrons. The van der Waals surface area contributed by atoms with Crippen LogP contribution in [0.25, 0.3) is 0 Å². The Morgan fingerprint density at radius 2 is 1.70 bits per heavy atom. The highest BCUT2D eigenvalue weighted by atomic mass is 16.5. The Morgan fingerprint density at radius 1 is 1.03 bits per heavy atom. The number of phenols is 1. The van der Waals surface area contributed by atoms with E-state index >= 15 is 0 Å². The van der Waals surface area contributed by atoms with E-state index < -0.39 is 12.0 Å². The van der Waals surface area contributed by atoms with Crippen LogP contribution < -0.4 is 5.32 Å². The van der Waals surface area contributed by atoms with Crippen LogP contribution in [0.3, 0.4) is 0 Å². The van der Waals surface area contributed by atoms with E-state index in [-0.39, 0.29) is 29.5 Å². The molecule has 0 radical (unpaired) electrons. The molecule has 7 nitrogen and oxygen atoms in total. The highest BCUT2D eigenvalue weighted by molar-refractivity contribution is 5.98. The number of quaternary nitrogens is 1. The summed E-state index contributed by atoms with van der Waals surface area (Å²) in [5.74, 6) is -0.445. The zero-order valence-electron chi connectivity index (χ0n) is 21.4. The van der Waals surface area contributed by atoms with Crippen LogP contribution in [0.15, 0.2) is 78.4 Å². The fraction of sp³-hybridized carbons (Fsp3) is 0.367. The van der Waals surface area contributed by atoms with Gasteiger partial charge in [0.05, 0.1) is 13.1 Å². The highest BCUT2D eigenvalue weighted by Crippen LogP contribution is 2.36. The van der Waals surface area contributed by atoms with Crippen molar-refractivity contribution in [1.82, 2.24) is 5.32 Å². The topological polar surface area (TPSA) is 92.7 Å². The van der Waals surface area contributed by atoms with E-state index in [1.54, 1.807) is 48.6 Å². The molecule has 1 amide bonds. The molecule has 0 aliphatic carbocycles. The summed E-state index contributed by atoms with van der Waals surface area (Å²) in [6.45, 7) is 6.34. The van der Waals surface area contributed by atoms with Crippen molar-refractivity contribution in [1.29, 1.82) is 0 Å². The number of hydrogen-bond donors (Lipinski definition) is 2. The number of ketones is 1. The summed E-state index contributed by atoms with van der Waals surface area (Å²) in [5, 5.41) is 12.4. The number of esters is 1. The second-order valence-electron chi connectivity index (χ2n) is 9.97. The van der Waals surface area contributed by atoms with Crippen LogP contribution in [0.1, 0.15) is 47.4 Å². The molecule has 5 rings (SSSR count). The van der Waals surface area contributed by atoms with Gasteiger partial charge in [-0.2, -0.15) is 0 Å². The molecule has 3 aliphatic rings. The molecule has 3 fully saturated rings. The Bertz CT molecular complexity index is 1180. The molecule has 2 atom stereocenters. The van der Waals surface area contributed by atoms with E-state index in [0.29, 0.717) is 34.3 Å². The average Bonchev–Trinajstić information content (AvgIpc) is 2.91. The van der Waals surface area contributed by atoms with Gasteiger partial charge in [0.25, 0.3) is 5.91 Å². The minimum atomic E-state index is -0.934. The maximum absolute atomic E-state index is 13.5. The van der Waals surface area contributed by atoms with Gasteiger partial charge >= 0.3 is 5.97 Å². The molecule has 7 heteroatoms. The number of benzene rings is 2. The van der Waals surface area contributed by atoms with Gasteiger partial charge in [-0.3, -0.25) is 9.59 Å². The first-order chi connectivity index (χ1) is 17.8. The third-order valence-corrected chi connectivity index (χ3v) is 7.55. The lowest BCUT2D eigenvalue weighted by Crippen LogP contribution is -2.66. The molecular formula is C30H35N2O5+. The summed E-state index contributed by atoms with van der Waals surface area (Å²) in [7, 11) is 0. The zero-order chi connectivity index (χ0) is 26.4. The van der Waals surface area contributed by atoms with Gasteiger partial charge in [0.2, 0.25) is 5.78 Å². The lowest BCUT2D eigenvalue weighted by molar-refractivity contribution is -0.938. The van der Waals surface area contributed by atoms with Gasteiger partial charge in [-0.1, -0.05) is 36.4 Å². The van der Waals surface area contributed by atoms with Gasteiger partial charge in [0.1, 0.15) is 18.8 Å². The summed E-state index contributed by atoms with van der Waals surface area (Å²) in [5.41, 5.74) is 1.69. The maximum atomic E-state index is 13.5. The Morgan fingerprint density at radius 3 is 2.32 bits per heavy atom. The van der Waals surface area contributed by atoms with E-state index in [1.807, 2.05) is 26.0 Å². The fourth-order valence-electron chi connectivity index (χ4n) is 5.47. The van der Waals surface area contributed by atoms with Gasteiger partial charge in [-0.05, 0) is 55.8 Å². The summed E-state index contributed by atoms with van der Waals surface area (Å²) in [6, 6.07) is 14.2. The van der Waals surface area contributed by atoms with Crippen molar-refractivity contribution in [2.45, 2.75) is 38.8 Å². The fourth-order valence-corrected chi connectivity index (χ4v) is 5.47. The number of Topliss-reactive ketones (excluding diaryl/α,β-unsaturated/α-hetero) is 1. The number of nitrogens with zero attached hydrogens (tertiary/aromatic N) is 1. The van der Waals surface area contributed by atoms with Crippen LogP contribution in [0.5, 0.6) is 5.75 Å². The normalized spacial score (nSPS) is 24.0. The summed E-state index contributed by atoms with van der Waals surface area (Å²) < 4.78 is 6.68. The number of ether oxygens (including phenoxy) is 1. The lowest BCUT2D eigenvalue weighted by Gasteiger charge is -2.51. The predicted molar refractivity (Wildman–Crippen MR) is 141 cm³/mol. The van der Waals surface area contributed by atoms with E-state index in [2.05, 4.69) is 5.32 Å². The minimum absolute atomic E-state index is 0.0164. The molecular weight excluding hydrogens is 468 g/mol. The average molecular weight is 504 g/mol. The molecule has 0 saturated carbocycles. The quantitative estimate of drug-likeness (QED) is 0.233. The molecule has 37 heavy (non-hydrogen) atoms. The van der Waals surface area contributed by atoms with Crippen molar-refractivity contribution < 1.29 is 28.7 Å². The van der Waals surface area contributed by atoms with E-state index in [4.69, 9.17) is 4.74 Å². The van der Waals surface area contributed by atoms with E-state index in [9.17, 15) is 19.5 Å². The molecule has 3 saturated heterocycles. The Labute approximate surface area is 218 Å². The van der Waals surface area contributed by atoms with Crippen molar-refractivity contribution >= 4 is 17.7 Å². The smallest absolute Gasteiger partial charge is 0.333 e. The van der Waals surface area contributed by atoms with Crippen molar-refractivity contribution in [3.63, 3.8) is 0 Å². The molecule has 1 unspecified atom stereocenters. The number of aromatic hydroxyl groups is 1. The number of fused-ring (bicyclic) bond motifs is 3. The third kappa shape index (κ3) is 6.17. The SMILES string of the molecule is C/C=C\C(=C/C)C(NC(=O)c1ccccc1)C(=O)O[C@H]1C[N+]2(CC(=O)c3ccc(O)cc3)CCC1CC2. The first-order valence-electron chi connectivity index (χ1n) is 12.9. The number of piperidine rings is 3. The molecule has 0 aromatic heterocycles. The summed E-state index contributed by atoms with van der Waals surface area (Å²) >= 11 is 0. The van der Waals surface area contributed by atoms with Crippen LogP contribution in [-0.2, 0) is 9.53 Å². The lowest BCUT2D eigenvalue weighted by atomic mass is 9.82. The Balaban J connectivity index is 1.48. The molecule has 3 aliphatic heterocycles. The number of carbonyl (C=O) groups is 3. The van der Waals surface area contributed by atoms with Gasteiger partial charge in [0, 0.05) is 29.9 Å². The van der Waals surface area contributed by atoms with Crippen molar-refractivity contribution in [2.24, 2.45) is 5.92 Å². The second-order valence-corrected chi connectivity index (χ2v) is 9.97. The van der Waals surface area contributed by atoms with Crippen LogP contribution in [0.4, 0.5) is 0 Å². The van der Waals surface area contributed by atoms with Gasteiger partial charge in [0.15, 0.2) is 12.1 Å². The number of hydrogen-bond acceptors (Lipinski definition) is 5. The third-order valence-electron chi connectivity index (χ3n) is 7.55. The number of allylic oxidation sites excluding steroid dienone is 2. The van der Waals surface area contributed by atoms with Crippen LogP contribution in [-0.4, -0.2) is 65.6 Å². The molecule has 2 bridgehead atoms. The zero-order valence-corrected chi connectivity index (χ0v) is 21.4. The van der Waals surface area contributed by atoms with Gasteiger partial charge < -0.3 is 19.6 Å². The first-order valence-corrected chi connectivity index (χ1v) is 12.9. The monoisotopic (exact) mass is 503 g/mol. The van der Waals surface area contributed by atoms with Crippen molar-refractivity contribution in [2.75, 3.05) is 26.2 Å². The van der Waals surface area contributed by atoms with Crippen molar-refractivity contribution in [3.8, 4) is 5.75 Å². The molecule has 2 aromatic carbocycles. The molecule has 2 N–H and O–H groups in total. The number of nitrogens with one attached hydrogen (secondary N) is 1. The number of phenolic OH excluding ortho intramolecular Hbond substituents is 1. The number of carbonyl (C=O) groups excluding carboxylic acids is 3. The Kier molecular flexibility index (Phi) is 8.24. The number of amides is 1. The van der Waals surface area contributed by atoms with Crippen LogP contribution in [0.2, 0.25) is 0 Å². The van der Waals surface area contributed by atoms with Gasteiger partial charge in [-0.25, -0.2) is 4.79 Å². The van der Waals surface area contributed by atoms with Crippen molar-refractivity contribution in [3.05, 3.63) is 89.5 Å². The van der Waals surface area contributed by atoms with E-state index in [1.165, 1.54) is 12.1 Å². The molecule has 3 heterocycles. The first kappa shape index (κ1) is 26.4. The van der Waals surface area contributed by atoms with Gasteiger partial charge in [-0.15, -0.1) is 0 Å². The van der Waals surface area contributed by atoms with Crippen LogP contribution in [0, 0.1) is 5.92 Å². The molecule has 2 aromatic rings. The van der Waals surface area contributed by atoms with Crippen LogP contribution >= 0.6 is 0 Å². The maximum Gasteiger partial charge on any atom is 0.333 e. The number of rotatable bonds is 9. The standard InChI is InChI=1S/C30H34N2O5/c1-3-8-21(4-2)28(31-29(35)24-9-6-5-7-10-24)30(36)37-27-20-32(17-15-23(27)16-18-32)19-26(34)22-11-13-25(33)14-12-22/h3-14,23,27-28H,15-20H2,1-2H3,(H-,31,33,34,35)/p+1/b8-3-,21-4+/t23?,27-,28?,32?/m0/s1. The predicted octanol–water partition coefficient (Wildman–Crippen LogP) is 4.05.